The van der Waals surface area contributed by atoms with Crippen LogP contribution in [0.25, 0.3) is 11.5 Å². The first-order chi connectivity index (χ1) is 11.5. The summed E-state index contributed by atoms with van der Waals surface area (Å²) in [5.74, 6) is 0.969. The topological polar surface area (TPSA) is 71.3 Å². The van der Waals surface area contributed by atoms with Gasteiger partial charge in [0.2, 0.25) is 5.89 Å². The van der Waals surface area contributed by atoms with Gasteiger partial charge in [-0.2, -0.15) is 0 Å². The Morgan fingerprint density at radius 1 is 1.33 bits per heavy atom. The first kappa shape index (κ1) is 16.4. The lowest BCUT2D eigenvalue weighted by molar-refractivity contribution is 0.158. The number of piperidine rings is 1. The van der Waals surface area contributed by atoms with Gasteiger partial charge in [0.25, 0.3) is 0 Å². The third kappa shape index (κ3) is 3.72. The average Bonchev–Trinajstić information content (AvgIpc) is 3.04. The Bertz CT molecular complexity index is 699. The molecule has 0 radical (unpaired) electrons. The average molecular weight is 332 g/mol. The van der Waals surface area contributed by atoms with E-state index in [1.165, 1.54) is 12.1 Å². The van der Waals surface area contributed by atoms with Gasteiger partial charge in [0.15, 0.2) is 0 Å². The van der Waals surface area contributed by atoms with Crippen LogP contribution in [0.4, 0.5) is 15.2 Å². The summed E-state index contributed by atoms with van der Waals surface area (Å²) in [7, 11) is 0. The van der Waals surface area contributed by atoms with E-state index in [-0.39, 0.29) is 23.8 Å². The second-order valence-electron chi connectivity index (χ2n) is 6.44. The molecule has 2 amide bonds. The van der Waals surface area contributed by atoms with Crippen molar-refractivity contribution in [3.63, 3.8) is 0 Å². The van der Waals surface area contributed by atoms with Crippen molar-refractivity contribution < 1.29 is 13.6 Å². The van der Waals surface area contributed by atoms with Gasteiger partial charge in [-0.25, -0.2) is 9.18 Å². The van der Waals surface area contributed by atoms with Gasteiger partial charge in [0.1, 0.15) is 5.82 Å². The van der Waals surface area contributed by atoms with Crippen LogP contribution in [0.2, 0.25) is 0 Å². The largest absolute Gasteiger partial charge is 0.403 e. The molecule has 3 rings (SSSR count). The lowest BCUT2D eigenvalue weighted by Gasteiger charge is -2.34. The van der Waals surface area contributed by atoms with E-state index < -0.39 is 0 Å². The molecular formula is C17H21FN4O2. The van der Waals surface area contributed by atoms with Crippen LogP contribution in [0, 0.1) is 17.7 Å². The minimum Gasteiger partial charge on any atom is -0.403 e. The van der Waals surface area contributed by atoms with E-state index in [4.69, 9.17) is 4.42 Å². The third-order valence-corrected chi connectivity index (χ3v) is 4.42. The summed E-state index contributed by atoms with van der Waals surface area (Å²) in [6.45, 7) is 5.83. The Kier molecular flexibility index (Phi) is 4.78. The van der Waals surface area contributed by atoms with Crippen LogP contribution in [0.1, 0.15) is 26.7 Å². The summed E-state index contributed by atoms with van der Waals surface area (Å²) < 4.78 is 18.4. The van der Waals surface area contributed by atoms with Crippen molar-refractivity contribution in [1.29, 1.82) is 0 Å². The first-order valence-corrected chi connectivity index (χ1v) is 8.18. The molecule has 2 aromatic rings. The summed E-state index contributed by atoms with van der Waals surface area (Å²) >= 11 is 0. The molecule has 0 saturated carbocycles. The number of nitrogens with one attached hydrogen (secondary N) is 1. The molecule has 128 valence electrons. The molecule has 6 nitrogen and oxygen atoms in total. The van der Waals surface area contributed by atoms with Crippen LogP contribution in [-0.2, 0) is 0 Å². The van der Waals surface area contributed by atoms with E-state index in [1.54, 1.807) is 17.0 Å². The van der Waals surface area contributed by atoms with Crippen LogP contribution in [0.5, 0.6) is 0 Å². The van der Waals surface area contributed by atoms with Crippen molar-refractivity contribution in [2.45, 2.75) is 26.7 Å². The normalized spacial score (nSPS) is 18.0. The molecule has 0 aliphatic carbocycles. The fraction of sp³-hybridized carbons (Fsp3) is 0.471. The highest BCUT2D eigenvalue weighted by atomic mass is 19.1. The lowest BCUT2D eigenvalue weighted by Crippen LogP contribution is -2.43. The van der Waals surface area contributed by atoms with Gasteiger partial charge in [0.05, 0.1) is 0 Å². The molecule has 2 heterocycles. The van der Waals surface area contributed by atoms with Crippen molar-refractivity contribution in [2.24, 2.45) is 11.8 Å². The quantitative estimate of drug-likeness (QED) is 0.928. The number of amides is 2. The Hall–Kier alpha value is -2.44. The Balaban J connectivity index is 1.64. The van der Waals surface area contributed by atoms with Gasteiger partial charge in [-0.3, -0.25) is 5.32 Å². The molecule has 1 aliphatic heterocycles. The predicted octanol–water partition coefficient (Wildman–Crippen LogP) is 3.78. The molecule has 1 aliphatic rings. The molecule has 1 N–H and O–H groups in total. The van der Waals surface area contributed by atoms with Crippen molar-refractivity contribution in [2.75, 3.05) is 18.4 Å². The van der Waals surface area contributed by atoms with Crippen molar-refractivity contribution in [3.05, 3.63) is 30.1 Å². The number of hydrogen-bond donors (Lipinski definition) is 1. The Morgan fingerprint density at radius 3 is 2.79 bits per heavy atom. The SMILES string of the molecule is CC(C)C1CCCN(C(=O)Nc2nnc(-c3ccc(F)cc3)o2)C1. The van der Waals surface area contributed by atoms with Gasteiger partial charge in [-0.15, -0.1) is 5.10 Å². The predicted molar refractivity (Wildman–Crippen MR) is 87.8 cm³/mol. The van der Waals surface area contributed by atoms with E-state index in [2.05, 4.69) is 29.4 Å². The molecule has 0 bridgehead atoms. The molecule has 24 heavy (non-hydrogen) atoms. The van der Waals surface area contributed by atoms with Gasteiger partial charge >= 0.3 is 12.0 Å². The van der Waals surface area contributed by atoms with E-state index in [1.807, 2.05) is 0 Å². The van der Waals surface area contributed by atoms with Gasteiger partial charge in [0, 0.05) is 18.7 Å². The molecule has 1 saturated heterocycles. The maximum absolute atomic E-state index is 12.9. The maximum Gasteiger partial charge on any atom is 0.325 e. The minimum absolute atomic E-state index is 0.0472. The number of likely N-dealkylation sites (tertiary alicyclic amines) is 1. The van der Waals surface area contributed by atoms with Gasteiger partial charge in [-0.05, 0) is 48.9 Å². The number of urea groups is 1. The highest BCUT2D eigenvalue weighted by molar-refractivity contribution is 5.87. The summed E-state index contributed by atoms with van der Waals surface area (Å²) in [6.07, 6.45) is 2.15. The second-order valence-corrected chi connectivity index (χ2v) is 6.44. The summed E-state index contributed by atoms with van der Waals surface area (Å²) in [4.78, 5) is 14.2. The van der Waals surface area contributed by atoms with Crippen molar-refractivity contribution in [3.8, 4) is 11.5 Å². The third-order valence-electron chi connectivity index (χ3n) is 4.42. The van der Waals surface area contributed by atoms with Crippen LogP contribution >= 0.6 is 0 Å². The summed E-state index contributed by atoms with van der Waals surface area (Å²) in [5, 5.41) is 10.4. The van der Waals surface area contributed by atoms with E-state index in [0.717, 1.165) is 25.9 Å². The highest BCUT2D eigenvalue weighted by Crippen LogP contribution is 2.24. The molecule has 1 atom stereocenters. The number of benzene rings is 1. The highest BCUT2D eigenvalue weighted by Gasteiger charge is 2.26. The van der Waals surface area contributed by atoms with Crippen molar-refractivity contribution in [1.82, 2.24) is 15.1 Å². The van der Waals surface area contributed by atoms with Crippen LogP contribution in [0.15, 0.2) is 28.7 Å². The fourth-order valence-corrected chi connectivity index (χ4v) is 2.89. The van der Waals surface area contributed by atoms with Crippen LogP contribution < -0.4 is 5.32 Å². The number of rotatable bonds is 3. The molecule has 1 aromatic heterocycles. The van der Waals surface area contributed by atoms with E-state index in [9.17, 15) is 9.18 Å². The van der Waals surface area contributed by atoms with E-state index in [0.29, 0.717) is 17.4 Å². The van der Waals surface area contributed by atoms with Crippen LogP contribution in [-0.4, -0.2) is 34.2 Å². The van der Waals surface area contributed by atoms with Crippen LogP contribution in [0.3, 0.4) is 0 Å². The number of nitrogens with zero attached hydrogens (tertiary/aromatic N) is 3. The standard InChI is InChI=1S/C17H21FN4O2/c1-11(2)13-4-3-9-22(10-13)17(23)19-16-21-20-15(24-16)12-5-7-14(18)8-6-12/h5-8,11,13H,3-4,9-10H2,1-2H3,(H,19,21,23). The lowest BCUT2D eigenvalue weighted by atomic mass is 9.88. The Labute approximate surface area is 140 Å². The first-order valence-electron chi connectivity index (χ1n) is 8.18. The molecule has 7 heteroatoms. The molecular weight excluding hydrogens is 311 g/mol. The van der Waals surface area contributed by atoms with Gasteiger partial charge < -0.3 is 9.32 Å². The maximum atomic E-state index is 12.9. The minimum atomic E-state index is -0.336. The number of halogens is 1. The zero-order chi connectivity index (χ0) is 17.1. The monoisotopic (exact) mass is 332 g/mol. The number of hydrogen-bond acceptors (Lipinski definition) is 4. The number of aromatic nitrogens is 2. The molecule has 1 aromatic carbocycles. The summed E-state index contributed by atoms with van der Waals surface area (Å²) in [6, 6.07) is 5.55. The number of anilines is 1. The molecule has 1 unspecified atom stereocenters. The fourth-order valence-electron chi connectivity index (χ4n) is 2.89. The number of carbonyl (C=O) groups excluding carboxylic acids is 1. The second kappa shape index (κ2) is 6.98. The summed E-state index contributed by atoms with van der Waals surface area (Å²) in [5.41, 5.74) is 0.599. The zero-order valence-corrected chi connectivity index (χ0v) is 13.8. The Morgan fingerprint density at radius 2 is 2.08 bits per heavy atom. The van der Waals surface area contributed by atoms with Crippen molar-refractivity contribution >= 4 is 12.0 Å². The van der Waals surface area contributed by atoms with Gasteiger partial charge in [-0.1, -0.05) is 18.9 Å². The smallest absolute Gasteiger partial charge is 0.325 e. The molecule has 0 spiro atoms. The molecule has 1 fully saturated rings. The number of carbonyl (C=O) groups is 1. The zero-order valence-electron chi connectivity index (χ0n) is 13.8. The van der Waals surface area contributed by atoms with E-state index >= 15 is 0 Å².